The molecular weight excluding hydrogens is 248 g/mol. The molecule has 1 aliphatic heterocycles. The normalized spacial score (nSPS) is 17.6. The van der Waals surface area contributed by atoms with Gasteiger partial charge in [0.05, 0.1) is 11.5 Å². The Morgan fingerprint density at radius 3 is 2.28 bits per heavy atom. The first-order chi connectivity index (χ1) is 8.61. The van der Waals surface area contributed by atoms with Crippen LogP contribution in [0.25, 0.3) is 0 Å². The van der Waals surface area contributed by atoms with Crippen molar-refractivity contribution in [3.8, 4) is 0 Å². The van der Waals surface area contributed by atoms with E-state index < -0.39 is 0 Å². The minimum atomic E-state index is 0.131. The fraction of sp³-hybridized carbons (Fsp3) is 0.833. The molecule has 0 aromatic carbocycles. The van der Waals surface area contributed by atoms with Crippen molar-refractivity contribution in [2.24, 2.45) is 5.73 Å². The van der Waals surface area contributed by atoms with Gasteiger partial charge in [-0.05, 0) is 6.42 Å². The zero-order valence-electron chi connectivity index (χ0n) is 11.2. The van der Waals surface area contributed by atoms with Crippen LogP contribution < -0.4 is 11.1 Å². The lowest BCUT2D eigenvalue weighted by Gasteiger charge is -2.33. The molecule has 0 bridgehead atoms. The Kier molecular flexibility index (Phi) is 7.15. The fourth-order valence-corrected chi connectivity index (χ4v) is 2.17. The van der Waals surface area contributed by atoms with E-state index in [9.17, 15) is 4.79 Å². The van der Waals surface area contributed by atoms with Gasteiger partial charge < -0.3 is 11.1 Å². The number of hydrogen-bond donors (Lipinski definition) is 2. The Hall–Kier alpha value is -0.720. The highest BCUT2D eigenvalue weighted by Crippen LogP contribution is 2.00. The number of nitrogens with one attached hydrogen (secondary N) is 1. The number of piperazine rings is 1. The molecule has 0 aliphatic carbocycles. The second kappa shape index (κ2) is 8.39. The average Bonchev–Trinajstić information content (AvgIpc) is 2.31. The molecule has 1 amide bonds. The second-order valence-corrected chi connectivity index (χ2v) is 5.25. The highest BCUT2D eigenvalue weighted by atomic mass is 32.1. The predicted molar refractivity (Wildman–Crippen MR) is 77.6 cm³/mol. The van der Waals surface area contributed by atoms with E-state index in [0.29, 0.717) is 18.1 Å². The maximum absolute atomic E-state index is 11.6. The number of hydrogen-bond acceptors (Lipinski definition) is 4. The molecular formula is C12H24N4OS. The van der Waals surface area contributed by atoms with E-state index in [1.807, 2.05) is 0 Å². The molecule has 1 heterocycles. The van der Waals surface area contributed by atoms with E-state index in [-0.39, 0.29) is 5.91 Å². The highest BCUT2D eigenvalue weighted by molar-refractivity contribution is 7.80. The first-order valence-corrected chi connectivity index (χ1v) is 7.02. The van der Waals surface area contributed by atoms with Gasteiger partial charge in [0.15, 0.2) is 0 Å². The summed E-state index contributed by atoms with van der Waals surface area (Å²) in [5.74, 6) is 0.131. The summed E-state index contributed by atoms with van der Waals surface area (Å²) in [5.41, 5.74) is 5.52. The van der Waals surface area contributed by atoms with Gasteiger partial charge in [-0.3, -0.25) is 14.6 Å². The second-order valence-electron chi connectivity index (χ2n) is 4.72. The van der Waals surface area contributed by atoms with Crippen molar-refractivity contribution in [1.82, 2.24) is 15.1 Å². The van der Waals surface area contributed by atoms with Gasteiger partial charge in [0.25, 0.3) is 0 Å². The molecule has 1 aliphatic rings. The third-order valence-corrected chi connectivity index (χ3v) is 3.19. The van der Waals surface area contributed by atoms with Crippen LogP contribution in [-0.2, 0) is 4.79 Å². The molecule has 1 rings (SSSR count). The molecule has 0 atom stereocenters. The van der Waals surface area contributed by atoms with Crippen molar-refractivity contribution in [3.05, 3.63) is 0 Å². The number of thiocarbonyl (C=S) groups is 1. The molecule has 0 unspecified atom stereocenters. The number of unbranched alkanes of at least 4 members (excludes halogenated alkanes) is 1. The molecule has 0 aromatic rings. The van der Waals surface area contributed by atoms with Crippen molar-refractivity contribution in [2.45, 2.75) is 19.8 Å². The summed E-state index contributed by atoms with van der Waals surface area (Å²) in [4.78, 5) is 16.6. The Balaban J connectivity index is 2.14. The lowest BCUT2D eigenvalue weighted by atomic mass is 10.3. The van der Waals surface area contributed by atoms with Crippen LogP contribution in [0.5, 0.6) is 0 Å². The molecule has 3 N–H and O–H groups in total. The van der Waals surface area contributed by atoms with Crippen LogP contribution in [0.3, 0.4) is 0 Å². The zero-order valence-corrected chi connectivity index (χ0v) is 12.0. The zero-order chi connectivity index (χ0) is 13.4. The van der Waals surface area contributed by atoms with Crippen molar-refractivity contribution < 1.29 is 4.79 Å². The molecule has 0 saturated carbocycles. The molecule has 0 spiro atoms. The Bertz CT molecular complexity index is 277. The number of nitrogens with zero attached hydrogens (tertiary/aromatic N) is 2. The largest absolute Gasteiger partial charge is 0.392 e. The summed E-state index contributed by atoms with van der Waals surface area (Å²) < 4.78 is 0. The topological polar surface area (TPSA) is 61.6 Å². The smallest absolute Gasteiger partial charge is 0.234 e. The molecule has 0 radical (unpaired) electrons. The van der Waals surface area contributed by atoms with Gasteiger partial charge in [-0.1, -0.05) is 25.6 Å². The Labute approximate surface area is 115 Å². The SMILES string of the molecule is CCCCNC(=O)CN1CCN(CC(N)=S)CC1. The summed E-state index contributed by atoms with van der Waals surface area (Å²) in [7, 11) is 0. The molecule has 5 nitrogen and oxygen atoms in total. The van der Waals surface area contributed by atoms with Gasteiger partial charge in [0, 0.05) is 39.3 Å². The average molecular weight is 272 g/mol. The molecule has 0 aromatic heterocycles. The van der Waals surface area contributed by atoms with Gasteiger partial charge in [0.2, 0.25) is 5.91 Å². The molecule has 6 heteroatoms. The van der Waals surface area contributed by atoms with E-state index in [4.69, 9.17) is 18.0 Å². The Morgan fingerprint density at radius 1 is 1.22 bits per heavy atom. The summed E-state index contributed by atoms with van der Waals surface area (Å²) in [6.45, 7) is 7.77. The summed E-state index contributed by atoms with van der Waals surface area (Å²) in [5, 5.41) is 2.94. The van der Waals surface area contributed by atoms with Gasteiger partial charge >= 0.3 is 0 Å². The van der Waals surface area contributed by atoms with Gasteiger partial charge in [-0.15, -0.1) is 0 Å². The number of carbonyl (C=O) groups is 1. The van der Waals surface area contributed by atoms with Crippen LogP contribution in [0.4, 0.5) is 0 Å². The van der Waals surface area contributed by atoms with Crippen LogP contribution >= 0.6 is 12.2 Å². The minimum absolute atomic E-state index is 0.131. The number of carbonyl (C=O) groups excluding carboxylic acids is 1. The van der Waals surface area contributed by atoms with Crippen molar-refractivity contribution in [1.29, 1.82) is 0 Å². The third kappa shape index (κ3) is 6.28. The van der Waals surface area contributed by atoms with E-state index in [1.165, 1.54) is 0 Å². The van der Waals surface area contributed by atoms with Crippen molar-refractivity contribution in [3.63, 3.8) is 0 Å². The van der Waals surface area contributed by atoms with Crippen LogP contribution in [-0.4, -0.2) is 66.5 Å². The van der Waals surface area contributed by atoms with E-state index in [2.05, 4.69) is 22.0 Å². The Morgan fingerprint density at radius 2 is 1.78 bits per heavy atom. The summed E-state index contributed by atoms with van der Waals surface area (Å²) in [6.07, 6.45) is 2.16. The van der Waals surface area contributed by atoms with E-state index in [1.54, 1.807) is 0 Å². The van der Waals surface area contributed by atoms with Gasteiger partial charge in [-0.25, -0.2) is 0 Å². The van der Waals surface area contributed by atoms with E-state index in [0.717, 1.165) is 45.6 Å². The number of amides is 1. The first-order valence-electron chi connectivity index (χ1n) is 6.61. The standard InChI is InChI=1S/C12H24N4OS/c1-2-3-4-14-12(17)10-16-7-5-15(6-8-16)9-11(13)18/h2-10H2,1H3,(H2,13,18)(H,14,17). The van der Waals surface area contributed by atoms with Crippen LogP contribution in [0.15, 0.2) is 0 Å². The van der Waals surface area contributed by atoms with Gasteiger partial charge in [0.1, 0.15) is 0 Å². The molecule has 1 saturated heterocycles. The van der Waals surface area contributed by atoms with Crippen LogP contribution in [0, 0.1) is 0 Å². The lowest BCUT2D eigenvalue weighted by Crippen LogP contribution is -2.51. The number of nitrogens with two attached hydrogens (primary N) is 1. The van der Waals surface area contributed by atoms with Gasteiger partial charge in [-0.2, -0.15) is 0 Å². The van der Waals surface area contributed by atoms with E-state index >= 15 is 0 Å². The van der Waals surface area contributed by atoms with Crippen LogP contribution in [0.1, 0.15) is 19.8 Å². The highest BCUT2D eigenvalue weighted by Gasteiger charge is 2.18. The van der Waals surface area contributed by atoms with Crippen molar-refractivity contribution >= 4 is 23.1 Å². The minimum Gasteiger partial charge on any atom is -0.392 e. The maximum atomic E-state index is 11.6. The lowest BCUT2D eigenvalue weighted by molar-refractivity contribution is -0.122. The van der Waals surface area contributed by atoms with Crippen LogP contribution in [0.2, 0.25) is 0 Å². The quantitative estimate of drug-likeness (QED) is 0.497. The summed E-state index contributed by atoms with van der Waals surface area (Å²) >= 11 is 4.89. The molecule has 18 heavy (non-hydrogen) atoms. The summed E-state index contributed by atoms with van der Waals surface area (Å²) in [6, 6.07) is 0. The fourth-order valence-electron chi connectivity index (χ4n) is 1.99. The molecule has 1 fully saturated rings. The first kappa shape index (κ1) is 15.3. The predicted octanol–water partition coefficient (Wildman–Crippen LogP) is -0.194. The third-order valence-electron chi connectivity index (χ3n) is 3.06. The van der Waals surface area contributed by atoms with Crippen molar-refractivity contribution in [2.75, 3.05) is 45.8 Å². The monoisotopic (exact) mass is 272 g/mol. The maximum Gasteiger partial charge on any atom is 0.234 e. The number of rotatable bonds is 7. The molecule has 104 valence electrons.